The van der Waals surface area contributed by atoms with Crippen LogP contribution in [0.1, 0.15) is 11.3 Å². The summed E-state index contributed by atoms with van der Waals surface area (Å²) in [5.74, 6) is 0.633. The van der Waals surface area contributed by atoms with E-state index in [0.717, 1.165) is 20.4 Å². The number of halogens is 2. The highest BCUT2D eigenvalue weighted by Gasteiger charge is 2.10. The first kappa shape index (κ1) is 11.7. The third-order valence-corrected chi connectivity index (χ3v) is 4.14. The molecule has 0 aliphatic carbocycles. The van der Waals surface area contributed by atoms with Crippen LogP contribution in [0.25, 0.3) is 11.4 Å². The van der Waals surface area contributed by atoms with Crippen molar-refractivity contribution < 1.29 is 0 Å². The molecule has 0 bridgehead atoms. The molecule has 0 fully saturated rings. The second kappa shape index (κ2) is 4.63. The molecular formula is C11H9ClIN3. The Kier molecular flexibility index (Phi) is 3.39. The van der Waals surface area contributed by atoms with Crippen LogP contribution in [0.5, 0.6) is 0 Å². The van der Waals surface area contributed by atoms with Gasteiger partial charge >= 0.3 is 0 Å². The molecule has 16 heavy (non-hydrogen) atoms. The van der Waals surface area contributed by atoms with Crippen LogP contribution in [-0.4, -0.2) is 15.0 Å². The Balaban J connectivity index is 2.62. The molecule has 0 N–H and O–H groups in total. The van der Waals surface area contributed by atoms with Crippen molar-refractivity contribution >= 4 is 34.2 Å². The molecule has 0 aliphatic heterocycles. The van der Waals surface area contributed by atoms with Crippen LogP contribution in [0.15, 0.2) is 18.5 Å². The van der Waals surface area contributed by atoms with Crippen molar-refractivity contribution in [2.45, 2.75) is 13.8 Å². The van der Waals surface area contributed by atoms with Gasteiger partial charge in [-0.15, -0.1) is 0 Å². The lowest BCUT2D eigenvalue weighted by atomic mass is 10.1. The molecule has 82 valence electrons. The maximum absolute atomic E-state index is 6.04. The molecule has 2 rings (SSSR count). The molecule has 2 aromatic heterocycles. The highest BCUT2D eigenvalue weighted by molar-refractivity contribution is 14.1. The maximum Gasteiger partial charge on any atom is 0.162 e. The molecule has 3 nitrogen and oxygen atoms in total. The number of aryl methyl sites for hydroxylation is 2. The highest BCUT2D eigenvalue weighted by atomic mass is 127. The molecule has 0 amide bonds. The van der Waals surface area contributed by atoms with E-state index in [-0.39, 0.29) is 0 Å². The number of hydrogen-bond acceptors (Lipinski definition) is 3. The lowest BCUT2D eigenvalue weighted by Crippen LogP contribution is -1.98. The fourth-order valence-corrected chi connectivity index (χ4v) is 1.80. The Morgan fingerprint density at radius 2 is 2.00 bits per heavy atom. The topological polar surface area (TPSA) is 38.7 Å². The Hall–Kier alpha value is -0.750. The van der Waals surface area contributed by atoms with Gasteiger partial charge < -0.3 is 0 Å². The highest BCUT2D eigenvalue weighted by Crippen LogP contribution is 2.24. The van der Waals surface area contributed by atoms with Crippen molar-refractivity contribution in [2.24, 2.45) is 0 Å². The lowest BCUT2D eigenvalue weighted by molar-refractivity contribution is 1.08. The van der Waals surface area contributed by atoms with E-state index in [2.05, 4.69) is 37.5 Å². The molecule has 5 heteroatoms. The van der Waals surface area contributed by atoms with E-state index in [1.165, 1.54) is 0 Å². The fraction of sp³-hybridized carbons (Fsp3) is 0.182. The van der Waals surface area contributed by atoms with Gasteiger partial charge in [-0.25, -0.2) is 9.97 Å². The maximum atomic E-state index is 6.04. The Bertz CT molecular complexity index is 519. The monoisotopic (exact) mass is 345 g/mol. The average Bonchev–Trinajstić information content (AvgIpc) is 2.26. The van der Waals surface area contributed by atoms with Crippen molar-refractivity contribution in [1.82, 2.24) is 15.0 Å². The molecule has 0 unspecified atom stereocenters. The van der Waals surface area contributed by atoms with Crippen LogP contribution in [0.3, 0.4) is 0 Å². The van der Waals surface area contributed by atoms with Gasteiger partial charge in [0.15, 0.2) is 5.82 Å². The molecule has 0 saturated carbocycles. The average molecular weight is 346 g/mol. The molecule has 0 aliphatic rings. The van der Waals surface area contributed by atoms with E-state index >= 15 is 0 Å². The van der Waals surface area contributed by atoms with Gasteiger partial charge in [-0.1, -0.05) is 11.6 Å². The molecule has 0 aromatic carbocycles. The second-order valence-corrected chi connectivity index (χ2v) is 4.86. The summed E-state index contributed by atoms with van der Waals surface area (Å²) in [5, 5.41) is 0.492. The summed E-state index contributed by atoms with van der Waals surface area (Å²) in [6.45, 7) is 3.92. The van der Waals surface area contributed by atoms with E-state index in [9.17, 15) is 0 Å². The number of aromatic nitrogens is 3. The van der Waals surface area contributed by atoms with Crippen LogP contribution in [0, 0.1) is 17.4 Å². The van der Waals surface area contributed by atoms with Crippen molar-refractivity contribution in [2.75, 3.05) is 0 Å². The zero-order valence-corrected chi connectivity index (χ0v) is 11.7. The van der Waals surface area contributed by atoms with Crippen LogP contribution < -0.4 is 0 Å². The van der Waals surface area contributed by atoms with E-state index in [1.54, 1.807) is 12.4 Å². The molecular weight excluding hydrogens is 336 g/mol. The first-order chi connectivity index (χ1) is 7.59. The van der Waals surface area contributed by atoms with Gasteiger partial charge in [0.1, 0.15) is 5.15 Å². The van der Waals surface area contributed by atoms with Crippen molar-refractivity contribution in [3.05, 3.63) is 38.4 Å². The molecule has 0 saturated heterocycles. The number of hydrogen-bond donors (Lipinski definition) is 0. The first-order valence-electron chi connectivity index (χ1n) is 4.70. The second-order valence-electron chi connectivity index (χ2n) is 3.43. The summed E-state index contributed by atoms with van der Waals surface area (Å²) in [5.41, 5.74) is 2.90. The summed E-state index contributed by atoms with van der Waals surface area (Å²) in [6, 6.07) is 1.93. The van der Waals surface area contributed by atoms with Crippen molar-refractivity contribution in [1.29, 1.82) is 0 Å². The number of nitrogens with zero attached hydrogens (tertiary/aromatic N) is 3. The van der Waals surface area contributed by atoms with Crippen molar-refractivity contribution in [3.8, 4) is 11.4 Å². The van der Waals surface area contributed by atoms with E-state index in [1.807, 2.05) is 19.9 Å². The fourth-order valence-electron chi connectivity index (χ4n) is 1.34. The normalized spacial score (nSPS) is 10.5. The van der Waals surface area contributed by atoms with Gasteiger partial charge in [-0.2, -0.15) is 0 Å². The van der Waals surface area contributed by atoms with Gasteiger partial charge in [0, 0.05) is 18.0 Å². The summed E-state index contributed by atoms with van der Waals surface area (Å²) in [6.07, 6.45) is 3.51. The number of rotatable bonds is 1. The predicted octanol–water partition coefficient (Wildman–Crippen LogP) is 3.41. The van der Waals surface area contributed by atoms with Crippen molar-refractivity contribution in [3.63, 3.8) is 0 Å². The SMILES string of the molecule is Cc1ccncc1-c1nc(C)c(I)c(Cl)n1. The van der Waals surface area contributed by atoms with Crippen LogP contribution in [0.2, 0.25) is 5.15 Å². The van der Waals surface area contributed by atoms with E-state index < -0.39 is 0 Å². The van der Waals surface area contributed by atoms with Gasteiger partial charge in [0.2, 0.25) is 0 Å². The number of pyridine rings is 1. The Morgan fingerprint density at radius 1 is 1.25 bits per heavy atom. The summed E-state index contributed by atoms with van der Waals surface area (Å²) in [7, 11) is 0. The van der Waals surface area contributed by atoms with Gasteiger partial charge in [-0.05, 0) is 48.1 Å². The third-order valence-electron chi connectivity index (χ3n) is 2.26. The third kappa shape index (κ3) is 2.17. The minimum Gasteiger partial charge on any atom is -0.264 e. The molecule has 2 aromatic rings. The van der Waals surface area contributed by atoms with Gasteiger partial charge in [0.05, 0.1) is 9.26 Å². The van der Waals surface area contributed by atoms with Gasteiger partial charge in [-0.3, -0.25) is 4.98 Å². The minimum absolute atomic E-state index is 0.492. The van der Waals surface area contributed by atoms with Crippen LogP contribution in [-0.2, 0) is 0 Å². The predicted molar refractivity (Wildman–Crippen MR) is 72.5 cm³/mol. The molecule has 0 radical (unpaired) electrons. The van der Waals surface area contributed by atoms with E-state index in [4.69, 9.17) is 11.6 Å². The smallest absolute Gasteiger partial charge is 0.162 e. The Morgan fingerprint density at radius 3 is 2.62 bits per heavy atom. The lowest BCUT2D eigenvalue weighted by Gasteiger charge is -2.06. The molecule has 2 heterocycles. The summed E-state index contributed by atoms with van der Waals surface area (Å²) >= 11 is 8.18. The largest absolute Gasteiger partial charge is 0.264 e. The zero-order valence-electron chi connectivity index (χ0n) is 8.83. The van der Waals surface area contributed by atoms with Crippen LogP contribution in [0.4, 0.5) is 0 Å². The first-order valence-corrected chi connectivity index (χ1v) is 6.16. The summed E-state index contributed by atoms with van der Waals surface area (Å²) in [4.78, 5) is 12.8. The standard InChI is InChI=1S/C11H9ClIN3/c1-6-3-4-14-5-8(6)11-15-7(2)9(13)10(12)16-11/h3-5H,1-2H3. The van der Waals surface area contributed by atoms with Crippen LogP contribution >= 0.6 is 34.2 Å². The minimum atomic E-state index is 0.492. The van der Waals surface area contributed by atoms with E-state index in [0.29, 0.717) is 11.0 Å². The molecule has 0 spiro atoms. The Labute approximate surface area is 112 Å². The summed E-state index contributed by atoms with van der Waals surface area (Å²) < 4.78 is 0.893. The zero-order chi connectivity index (χ0) is 11.7. The quantitative estimate of drug-likeness (QED) is 0.587. The molecule has 0 atom stereocenters. The van der Waals surface area contributed by atoms with Gasteiger partial charge in [0.25, 0.3) is 0 Å².